The van der Waals surface area contributed by atoms with Crippen LogP contribution in [0.15, 0.2) is 34.1 Å². The summed E-state index contributed by atoms with van der Waals surface area (Å²) in [5.74, 6) is -2.92. The summed E-state index contributed by atoms with van der Waals surface area (Å²) in [6.07, 6.45) is 0. The molecule has 2 aliphatic rings. The Morgan fingerprint density at radius 3 is 2.56 bits per heavy atom. The first-order chi connectivity index (χ1) is 12.9. The molecule has 1 saturated heterocycles. The second-order valence-corrected chi connectivity index (χ2v) is 8.35. The number of thiazole rings is 1. The number of nitrogens with one attached hydrogen (secondary N) is 1. The Hall–Kier alpha value is -2.59. The quantitative estimate of drug-likeness (QED) is 0.731. The molecule has 8 nitrogen and oxygen atoms in total. The lowest BCUT2D eigenvalue weighted by Crippen LogP contribution is -2.36. The summed E-state index contributed by atoms with van der Waals surface area (Å²) in [5, 5.41) is 8.84. The number of carboxylic acid groups (broad SMARTS) is 1. The molecule has 27 heavy (non-hydrogen) atoms. The van der Waals surface area contributed by atoms with E-state index in [1.807, 2.05) is 0 Å². The molecule has 3 heterocycles. The Kier molecular flexibility index (Phi) is 4.31. The van der Waals surface area contributed by atoms with Gasteiger partial charge in [-0.2, -0.15) is 0 Å². The molecule has 140 valence electrons. The molecule has 2 N–H and O–H groups in total. The van der Waals surface area contributed by atoms with E-state index >= 15 is 0 Å². The van der Waals surface area contributed by atoms with Gasteiger partial charge in [0.2, 0.25) is 11.8 Å². The number of aliphatic carboxylic acids is 1. The molecule has 0 unspecified atom stereocenters. The third-order valence-electron chi connectivity index (χ3n) is 4.68. The lowest BCUT2D eigenvalue weighted by Gasteiger charge is -2.29. The SMILES string of the molecule is COc1ccc([C@@H]2c3sc(=O)[nH]c3S[C@H]3C(=O)N(CC(=O)O)C(=O)[C@@H]23)cc1. The number of carbonyl (C=O) groups is 3. The van der Waals surface area contributed by atoms with Crippen LogP contribution in [0.2, 0.25) is 0 Å². The van der Waals surface area contributed by atoms with Gasteiger partial charge in [-0.15, -0.1) is 0 Å². The van der Waals surface area contributed by atoms with Gasteiger partial charge in [0.15, 0.2) is 0 Å². The van der Waals surface area contributed by atoms with Gasteiger partial charge in [-0.3, -0.25) is 24.1 Å². The number of hydrogen-bond acceptors (Lipinski definition) is 7. The summed E-state index contributed by atoms with van der Waals surface area (Å²) in [7, 11) is 1.54. The monoisotopic (exact) mass is 406 g/mol. The topological polar surface area (TPSA) is 117 Å². The van der Waals surface area contributed by atoms with Crippen molar-refractivity contribution in [3.63, 3.8) is 0 Å². The number of fused-ring (bicyclic) bond motifs is 2. The molecule has 1 fully saturated rings. The van der Waals surface area contributed by atoms with Gasteiger partial charge in [0.25, 0.3) is 0 Å². The molecule has 2 amide bonds. The predicted octanol–water partition coefficient (Wildman–Crippen LogP) is 1.12. The highest BCUT2D eigenvalue weighted by Gasteiger charge is 2.56. The number of methoxy groups -OCH3 is 1. The molecule has 0 spiro atoms. The van der Waals surface area contributed by atoms with Crippen molar-refractivity contribution in [3.8, 4) is 5.75 Å². The minimum absolute atomic E-state index is 0.256. The number of hydrogen-bond donors (Lipinski definition) is 2. The van der Waals surface area contributed by atoms with Crippen molar-refractivity contribution in [1.29, 1.82) is 0 Å². The van der Waals surface area contributed by atoms with Gasteiger partial charge in [-0.1, -0.05) is 35.2 Å². The Labute approximate surface area is 161 Å². The third kappa shape index (κ3) is 2.85. The number of thioether (sulfide) groups is 1. The maximum absolute atomic E-state index is 12.9. The smallest absolute Gasteiger partial charge is 0.323 e. The molecule has 3 atom stereocenters. The van der Waals surface area contributed by atoms with Crippen molar-refractivity contribution in [2.75, 3.05) is 13.7 Å². The largest absolute Gasteiger partial charge is 0.497 e. The number of carbonyl (C=O) groups excluding carboxylic acids is 2. The molecule has 2 aliphatic heterocycles. The Morgan fingerprint density at radius 1 is 1.22 bits per heavy atom. The van der Waals surface area contributed by atoms with Crippen LogP contribution in [0.1, 0.15) is 16.4 Å². The van der Waals surface area contributed by atoms with E-state index < -0.39 is 41.4 Å². The Morgan fingerprint density at radius 2 is 1.93 bits per heavy atom. The molecular weight excluding hydrogens is 392 g/mol. The third-order valence-corrected chi connectivity index (χ3v) is 7.08. The standard InChI is InChI=1S/C17H14N2O6S2/c1-25-8-4-2-7(3-5-8)10-11-13(26-14-12(10)27-17(24)18-14)16(23)19(15(11)22)6-9(20)21/h2-5,10-11,13H,6H2,1H3,(H,18,24)(H,20,21)/t10-,11-,13+/m0/s1. The fraction of sp³-hybridized carbons (Fsp3) is 0.294. The van der Waals surface area contributed by atoms with Gasteiger partial charge in [-0.05, 0) is 17.7 Å². The second kappa shape index (κ2) is 6.54. The van der Waals surface area contributed by atoms with E-state index in [1.165, 1.54) is 0 Å². The summed E-state index contributed by atoms with van der Waals surface area (Å²) in [6, 6.07) is 7.08. The second-order valence-electron chi connectivity index (χ2n) is 6.18. The number of imide groups is 1. The van der Waals surface area contributed by atoms with Crippen LogP contribution in [-0.4, -0.2) is 51.7 Å². The molecular formula is C17H14N2O6S2. The summed E-state index contributed by atoms with van der Waals surface area (Å²) < 4.78 is 5.16. The number of nitrogens with zero attached hydrogens (tertiary/aromatic N) is 1. The average molecular weight is 406 g/mol. The average Bonchev–Trinajstić information content (AvgIpc) is 3.12. The zero-order valence-electron chi connectivity index (χ0n) is 14.0. The molecule has 0 saturated carbocycles. The summed E-state index contributed by atoms with van der Waals surface area (Å²) in [5.41, 5.74) is 0.765. The number of likely N-dealkylation sites (tertiary alicyclic amines) is 1. The highest BCUT2D eigenvalue weighted by atomic mass is 32.2. The summed E-state index contributed by atoms with van der Waals surface area (Å²) in [6.45, 7) is -0.662. The first kappa shape index (κ1) is 17.8. The van der Waals surface area contributed by atoms with Crippen LogP contribution in [0.4, 0.5) is 0 Å². The van der Waals surface area contributed by atoms with Crippen LogP contribution in [-0.2, 0) is 14.4 Å². The number of aromatic nitrogens is 1. The number of rotatable bonds is 4. The minimum atomic E-state index is -1.25. The van der Waals surface area contributed by atoms with Crippen molar-refractivity contribution in [2.45, 2.75) is 16.2 Å². The fourth-order valence-electron chi connectivity index (χ4n) is 3.54. The van der Waals surface area contributed by atoms with Gasteiger partial charge in [0.05, 0.1) is 18.1 Å². The Balaban J connectivity index is 1.83. The van der Waals surface area contributed by atoms with Crippen LogP contribution in [0.3, 0.4) is 0 Å². The molecule has 4 rings (SSSR count). The number of H-pyrrole nitrogens is 1. The normalized spacial score (nSPS) is 23.9. The fourth-order valence-corrected chi connectivity index (χ4v) is 6.07. The predicted molar refractivity (Wildman–Crippen MR) is 97.3 cm³/mol. The van der Waals surface area contributed by atoms with E-state index in [0.29, 0.717) is 15.7 Å². The molecule has 0 aliphatic carbocycles. The van der Waals surface area contributed by atoms with Crippen molar-refractivity contribution >= 4 is 40.9 Å². The van der Waals surface area contributed by atoms with Crippen LogP contribution in [0.5, 0.6) is 5.75 Å². The highest BCUT2D eigenvalue weighted by molar-refractivity contribution is 8.00. The van der Waals surface area contributed by atoms with E-state index in [2.05, 4.69) is 4.98 Å². The minimum Gasteiger partial charge on any atom is -0.497 e. The number of aromatic amines is 1. The number of amides is 2. The molecule has 1 aromatic heterocycles. The zero-order valence-corrected chi connectivity index (χ0v) is 15.6. The van der Waals surface area contributed by atoms with Crippen molar-refractivity contribution < 1.29 is 24.2 Å². The van der Waals surface area contributed by atoms with E-state index in [9.17, 15) is 19.2 Å². The Bertz CT molecular complexity index is 996. The first-order valence-corrected chi connectivity index (χ1v) is 9.71. The van der Waals surface area contributed by atoms with Gasteiger partial charge < -0.3 is 14.8 Å². The first-order valence-electron chi connectivity index (χ1n) is 8.01. The van der Waals surface area contributed by atoms with Crippen LogP contribution < -0.4 is 9.61 Å². The number of benzene rings is 1. The van der Waals surface area contributed by atoms with E-state index in [-0.39, 0.29) is 4.87 Å². The molecule has 10 heteroatoms. The van der Waals surface area contributed by atoms with Crippen LogP contribution >= 0.6 is 23.1 Å². The summed E-state index contributed by atoms with van der Waals surface area (Å²) in [4.78, 5) is 52.6. The van der Waals surface area contributed by atoms with Crippen molar-refractivity contribution in [3.05, 3.63) is 44.4 Å². The number of carboxylic acids is 1. The summed E-state index contributed by atoms with van der Waals surface area (Å²) >= 11 is 2.13. The van der Waals surface area contributed by atoms with Gasteiger partial charge >= 0.3 is 10.8 Å². The van der Waals surface area contributed by atoms with Crippen LogP contribution in [0.25, 0.3) is 0 Å². The molecule has 2 aromatic rings. The maximum atomic E-state index is 12.9. The maximum Gasteiger partial charge on any atom is 0.323 e. The lowest BCUT2D eigenvalue weighted by molar-refractivity contribution is -0.149. The van der Waals surface area contributed by atoms with Gasteiger partial charge in [-0.25, -0.2) is 0 Å². The lowest BCUT2D eigenvalue weighted by atomic mass is 9.83. The van der Waals surface area contributed by atoms with Crippen LogP contribution in [0, 0.1) is 5.92 Å². The molecule has 0 bridgehead atoms. The van der Waals surface area contributed by atoms with E-state index in [0.717, 1.165) is 33.6 Å². The number of ether oxygens (including phenoxy) is 1. The van der Waals surface area contributed by atoms with E-state index in [1.54, 1.807) is 31.4 Å². The zero-order chi connectivity index (χ0) is 19.3. The van der Waals surface area contributed by atoms with E-state index in [4.69, 9.17) is 9.84 Å². The molecule has 1 aromatic carbocycles. The molecule has 0 radical (unpaired) electrons. The van der Waals surface area contributed by atoms with Crippen molar-refractivity contribution in [2.24, 2.45) is 5.92 Å². The van der Waals surface area contributed by atoms with Gasteiger partial charge in [0, 0.05) is 10.8 Å². The highest BCUT2D eigenvalue weighted by Crippen LogP contribution is 2.52. The van der Waals surface area contributed by atoms with Crippen molar-refractivity contribution in [1.82, 2.24) is 9.88 Å². The van der Waals surface area contributed by atoms with Gasteiger partial charge in [0.1, 0.15) is 17.5 Å².